The van der Waals surface area contributed by atoms with Crippen LogP contribution in [0.2, 0.25) is 0 Å². The quantitative estimate of drug-likeness (QED) is 0.0214. The molecule has 1 saturated heterocycles. The molecule has 1 unspecified atom stereocenters. The number of nitrogens with one attached hydrogen (secondary N) is 5. The SMILES string of the molecule is CCC(C)[C@@H]([C@@H](CC(=O)N1CCC[C@H]1[C@H](OC)[C@@H](C)C(=O)N[C@H](C)[C@@H](O)c1ccccc1)OC)N(C)C(=O)[C@@H](NC(=O)[C@H](C(C)C)N(C)C(=O)OCc1ccc(NC(=O)[C@H](CCCNC(N)=O)CC(=O)[C@@H](NC(=O)CCCCCON2C(=O)c3ccccc3C2=O)C(C)C)cc1)C(C)C. The van der Waals surface area contributed by atoms with Gasteiger partial charge in [0.1, 0.15) is 18.7 Å². The van der Waals surface area contributed by atoms with E-state index in [4.69, 9.17) is 24.8 Å². The maximum absolute atomic E-state index is 14.8. The Morgan fingerprint density at radius 3 is 1.90 bits per heavy atom. The number of aliphatic hydroxyl groups excluding tert-OH is 1. The van der Waals surface area contributed by atoms with Crippen molar-refractivity contribution in [3.8, 4) is 0 Å². The van der Waals surface area contributed by atoms with E-state index < -0.39 is 120 Å². The van der Waals surface area contributed by atoms with Crippen LogP contribution in [-0.4, -0.2) is 187 Å². The fourth-order valence-corrected chi connectivity index (χ4v) is 13.0. The molecule has 546 valence electrons. The number of carbonyl (C=O) groups is 11. The van der Waals surface area contributed by atoms with E-state index in [0.717, 1.165) is 5.06 Å². The molecule has 11 amide bonds. The Morgan fingerprint density at radius 1 is 0.697 bits per heavy atom. The van der Waals surface area contributed by atoms with Gasteiger partial charge < -0.3 is 61.4 Å². The van der Waals surface area contributed by atoms with E-state index in [1.165, 1.54) is 26.2 Å². The van der Waals surface area contributed by atoms with Gasteiger partial charge in [-0.15, -0.1) is 5.06 Å². The number of imide groups is 1. The molecule has 12 atom stereocenters. The molecule has 0 bridgehead atoms. The lowest BCUT2D eigenvalue weighted by atomic mass is 9.89. The summed E-state index contributed by atoms with van der Waals surface area (Å²) >= 11 is 0. The van der Waals surface area contributed by atoms with E-state index in [9.17, 15) is 57.8 Å². The molecule has 0 radical (unpaired) electrons. The van der Waals surface area contributed by atoms with Crippen molar-refractivity contribution >= 4 is 70.9 Å². The first-order valence-electron chi connectivity index (χ1n) is 34.7. The Labute approximate surface area is 583 Å². The minimum atomic E-state index is -1.09. The van der Waals surface area contributed by atoms with E-state index >= 15 is 0 Å². The van der Waals surface area contributed by atoms with Crippen LogP contribution in [0, 0.1) is 35.5 Å². The standard InChI is InChI=1S/C73H108N10O16/c1-15-46(8)63(57(96-13)41-59(86)82-38-25-31-55(82)65(97-14)47(9)66(88)76-48(10)64(87)50-26-18-16-19-27-50)80(11)71(93)61(44(4)5)79-68(90)62(45(6)7)81(12)73(95)98-42-49-33-35-52(36-34-49)77-67(89)51(28-24-37-75-72(74)94)40-56(84)60(43(2)3)78-58(85)32-20-17-23-39-99-83-69(91)53-29-21-22-30-54(53)70(83)92/h16,18-19,21-22,26-27,29-30,33-36,43-48,51,55,57,60-65,87H,15,17,20,23-25,28,31-32,37-42H2,1-14H3,(H,76,88)(H,77,89)(H,78,85)(H,79,90)(H3,74,75,94)/t46?,47-,48-,51-,55+,57-,60+,61+,62+,63+,64-,65-/m1/s1. The van der Waals surface area contributed by atoms with Gasteiger partial charge in [0, 0.05) is 65.9 Å². The number of anilines is 1. The number of fused-ring (bicyclic) bond motifs is 1. The Bertz CT molecular complexity index is 3170. The summed E-state index contributed by atoms with van der Waals surface area (Å²) in [6.45, 7) is 18.6. The topological polar surface area (TPSA) is 344 Å². The predicted molar refractivity (Wildman–Crippen MR) is 372 cm³/mol. The van der Waals surface area contributed by atoms with Crippen LogP contribution in [0.25, 0.3) is 0 Å². The maximum Gasteiger partial charge on any atom is 0.410 e. The number of unbranched alkanes of at least 4 members (excludes halogenated alkanes) is 2. The molecule has 0 spiro atoms. The average Bonchev–Trinajstić information content (AvgIpc) is 1.71. The normalized spacial score (nSPS) is 17.1. The minimum Gasteiger partial charge on any atom is -0.445 e. The Balaban J connectivity index is 1.15. The van der Waals surface area contributed by atoms with Crippen molar-refractivity contribution in [3.63, 3.8) is 0 Å². The van der Waals surface area contributed by atoms with Crippen LogP contribution in [0.4, 0.5) is 15.3 Å². The number of nitrogens with zero attached hydrogens (tertiary/aromatic N) is 4. The lowest BCUT2D eigenvalue weighted by Crippen LogP contribution is -2.60. The second kappa shape index (κ2) is 39.5. The van der Waals surface area contributed by atoms with Gasteiger partial charge in [-0.1, -0.05) is 130 Å². The lowest BCUT2D eigenvalue weighted by Gasteiger charge is -2.41. The first-order valence-corrected chi connectivity index (χ1v) is 34.7. The highest BCUT2D eigenvalue weighted by atomic mass is 16.7. The summed E-state index contributed by atoms with van der Waals surface area (Å²) in [5.41, 5.74) is 7.40. The second-order valence-corrected chi connectivity index (χ2v) is 27.2. The summed E-state index contributed by atoms with van der Waals surface area (Å²) in [7, 11) is 6.09. The fourth-order valence-electron chi connectivity index (χ4n) is 13.0. The van der Waals surface area contributed by atoms with Gasteiger partial charge in [0.15, 0.2) is 5.78 Å². The van der Waals surface area contributed by atoms with Crippen LogP contribution < -0.4 is 32.3 Å². The van der Waals surface area contributed by atoms with Crippen LogP contribution >= 0.6 is 0 Å². The Morgan fingerprint density at radius 2 is 1.32 bits per heavy atom. The third-order valence-electron chi connectivity index (χ3n) is 18.9. The fraction of sp³-hybridized carbons (Fsp3) is 0.603. The smallest absolute Gasteiger partial charge is 0.410 e. The first kappa shape index (κ1) is 81.3. The predicted octanol–water partition coefficient (Wildman–Crippen LogP) is 7.47. The van der Waals surface area contributed by atoms with Crippen molar-refractivity contribution in [3.05, 3.63) is 101 Å². The van der Waals surface area contributed by atoms with E-state index in [1.54, 1.807) is 133 Å². The number of urea groups is 1. The second-order valence-electron chi connectivity index (χ2n) is 27.2. The molecule has 2 aliphatic rings. The number of nitrogens with two attached hydrogens (primary N) is 1. The van der Waals surface area contributed by atoms with Crippen LogP contribution in [0.5, 0.6) is 0 Å². The highest BCUT2D eigenvalue weighted by Gasteiger charge is 2.44. The average molecular weight is 1380 g/mol. The molecule has 0 saturated carbocycles. The van der Waals surface area contributed by atoms with E-state index in [-0.39, 0.29) is 91.9 Å². The van der Waals surface area contributed by atoms with E-state index in [1.807, 2.05) is 32.0 Å². The van der Waals surface area contributed by atoms with Gasteiger partial charge in [-0.05, 0) is 105 Å². The molecule has 0 aromatic heterocycles. The number of rotatable bonds is 40. The number of likely N-dealkylation sites (tertiary alicyclic amines) is 1. The van der Waals surface area contributed by atoms with Gasteiger partial charge in [0.25, 0.3) is 11.8 Å². The summed E-state index contributed by atoms with van der Waals surface area (Å²) in [6, 6.07) is 16.5. The summed E-state index contributed by atoms with van der Waals surface area (Å²) in [5.74, 6) is -6.78. The molecule has 2 heterocycles. The van der Waals surface area contributed by atoms with Crippen LogP contribution in [0.3, 0.4) is 0 Å². The van der Waals surface area contributed by atoms with Crippen molar-refractivity contribution in [2.45, 2.75) is 201 Å². The highest BCUT2D eigenvalue weighted by Crippen LogP contribution is 2.31. The third-order valence-corrected chi connectivity index (χ3v) is 18.9. The number of likely N-dealkylation sites (N-methyl/N-ethyl adjacent to an activating group) is 2. The molecule has 26 nitrogen and oxygen atoms in total. The molecule has 26 heteroatoms. The number of methoxy groups -OCH3 is 2. The van der Waals surface area contributed by atoms with Gasteiger partial charge in [-0.25, -0.2) is 9.59 Å². The Hall–Kier alpha value is -8.33. The number of carbonyl (C=O) groups excluding carboxylic acids is 11. The molecule has 1 fully saturated rings. The number of hydrogen-bond donors (Lipinski definition) is 7. The van der Waals surface area contributed by atoms with Gasteiger partial charge in [-0.2, -0.15) is 0 Å². The summed E-state index contributed by atoms with van der Waals surface area (Å²) in [6.07, 6.45) is 0.375. The zero-order valence-electron chi connectivity index (χ0n) is 60.2. The van der Waals surface area contributed by atoms with Crippen LogP contribution in [0.15, 0.2) is 78.9 Å². The van der Waals surface area contributed by atoms with Crippen molar-refractivity contribution in [1.29, 1.82) is 0 Å². The minimum absolute atomic E-state index is 0.0778. The van der Waals surface area contributed by atoms with Crippen molar-refractivity contribution < 1.29 is 76.9 Å². The Kier molecular flexibility index (Phi) is 32.4. The van der Waals surface area contributed by atoms with Gasteiger partial charge in [-0.3, -0.25) is 52.9 Å². The molecular formula is C73H108N10O16. The van der Waals surface area contributed by atoms with Crippen molar-refractivity contribution in [2.75, 3.05) is 53.3 Å². The molecule has 5 rings (SSSR count). The first-order chi connectivity index (χ1) is 47.0. The van der Waals surface area contributed by atoms with Crippen molar-refractivity contribution in [2.24, 2.45) is 41.2 Å². The molecular weight excluding hydrogens is 1270 g/mol. The number of aliphatic hydroxyl groups is 1. The van der Waals surface area contributed by atoms with Gasteiger partial charge in [0.05, 0.1) is 72.6 Å². The summed E-state index contributed by atoms with van der Waals surface area (Å²) in [5, 5.41) is 25.8. The molecule has 99 heavy (non-hydrogen) atoms. The molecule has 0 aliphatic carbocycles. The lowest BCUT2D eigenvalue weighted by molar-refractivity contribution is -0.148. The summed E-state index contributed by atoms with van der Waals surface area (Å²) in [4.78, 5) is 159. The number of ketones is 1. The van der Waals surface area contributed by atoms with E-state index in [2.05, 4.69) is 26.6 Å². The number of benzene rings is 3. The van der Waals surface area contributed by atoms with E-state index in [0.29, 0.717) is 68.3 Å². The number of ether oxygens (including phenoxy) is 3. The summed E-state index contributed by atoms with van der Waals surface area (Å²) < 4.78 is 17.8. The number of hydrogen-bond acceptors (Lipinski definition) is 16. The molecule has 2 aliphatic heterocycles. The third kappa shape index (κ3) is 22.9. The molecule has 3 aromatic rings. The zero-order valence-corrected chi connectivity index (χ0v) is 60.2. The largest absolute Gasteiger partial charge is 0.445 e. The van der Waals surface area contributed by atoms with Gasteiger partial charge >= 0.3 is 12.1 Å². The van der Waals surface area contributed by atoms with Crippen molar-refractivity contribution in [1.82, 2.24) is 41.0 Å². The monoisotopic (exact) mass is 1380 g/mol. The van der Waals surface area contributed by atoms with Gasteiger partial charge in [0.2, 0.25) is 35.4 Å². The molecule has 8 N–H and O–H groups in total. The number of Topliss-reactive ketones (excluding diaryl/α,β-unsaturated/α-hetero) is 1. The number of amides is 11. The maximum atomic E-state index is 14.8. The number of primary amides is 1. The van der Waals surface area contributed by atoms with Crippen LogP contribution in [-0.2, 0) is 59.2 Å². The zero-order chi connectivity index (χ0) is 73.4. The molecule has 3 aromatic carbocycles. The number of hydroxylamine groups is 2. The highest BCUT2D eigenvalue weighted by molar-refractivity contribution is 6.20. The van der Waals surface area contributed by atoms with Crippen LogP contribution in [0.1, 0.15) is 178 Å².